The van der Waals surface area contributed by atoms with Crippen molar-refractivity contribution >= 4 is 17.5 Å². The fourth-order valence-electron chi connectivity index (χ4n) is 2.24. The number of aryl methyl sites for hydroxylation is 1. The van der Waals surface area contributed by atoms with Gasteiger partial charge in [0.25, 0.3) is 5.91 Å². The first-order valence-corrected chi connectivity index (χ1v) is 8.04. The minimum Gasteiger partial charge on any atom is -0.351 e. The van der Waals surface area contributed by atoms with E-state index in [0.29, 0.717) is 35.1 Å². The molecule has 7 nitrogen and oxygen atoms in total. The maximum atomic E-state index is 12.3. The number of carbonyl (C=O) groups excluding carboxylic acids is 1. The molecule has 2 aromatic rings. The maximum Gasteiger partial charge on any atom is 0.270 e. The van der Waals surface area contributed by atoms with Crippen molar-refractivity contribution in [1.29, 1.82) is 5.26 Å². The molecule has 1 aromatic carbocycles. The molecule has 130 valence electrons. The summed E-state index contributed by atoms with van der Waals surface area (Å²) >= 11 is 0. The number of benzene rings is 1. The number of hydrogen-bond donors (Lipinski definition) is 2. The van der Waals surface area contributed by atoms with Crippen molar-refractivity contribution in [3.63, 3.8) is 0 Å². The Hall–Kier alpha value is -2.98. The number of carbonyl (C=O) groups is 1. The molecule has 0 saturated heterocycles. The summed E-state index contributed by atoms with van der Waals surface area (Å²) in [5.74, 6) is 0.0574. The Balaban J connectivity index is 2.09. The highest BCUT2D eigenvalue weighted by atomic mass is 16.1. The van der Waals surface area contributed by atoms with E-state index in [9.17, 15) is 4.79 Å². The summed E-state index contributed by atoms with van der Waals surface area (Å²) in [5, 5.41) is 15.0. The summed E-state index contributed by atoms with van der Waals surface area (Å²) < 4.78 is 0. The van der Waals surface area contributed by atoms with E-state index >= 15 is 0 Å². The molecular formula is C18H22N6O. The average molecular weight is 338 g/mol. The van der Waals surface area contributed by atoms with Gasteiger partial charge in [0.2, 0.25) is 5.95 Å². The third kappa shape index (κ3) is 5.55. The zero-order valence-electron chi connectivity index (χ0n) is 14.7. The molecule has 1 amide bonds. The van der Waals surface area contributed by atoms with Gasteiger partial charge in [-0.1, -0.05) is 12.1 Å². The molecule has 0 saturated carbocycles. The zero-order valence-corrected chi connectivity index (χ0v) is 14.7. The Labute approximate surface area is 147 Å². The lowest BCUT2D eigenvalue weighted by Gasteiger charge is -2.11. The van der Waals surface area contributed by atoms with Gasteiger partial charge in [0.1, 0.15) is 11.8 Å². The number of amides is 1. The number of aromatic nitrogens is 2. The quantitative estimate of drug-likeness (QED) is 0.751. The Bertz CT molecular complexity index is 781. The molecule has 7 heteroatoms. The van der Waals surface area contributed by atoms with Crippen LogP contribution in [-0.4, -0.2) is 48.0 Å². The fourth-order valence-corrected chi connectivity index (χ4v) is 2.24. The summed E-state index contributed by atoms with van der Waals surface area (Å²) in [5.41, 5.74) is 2.06. The van der Waals surface area contributed by atoms with Crippen LogP contribution in [0.3, 0.4) is 0 Å². The standard InChI is InChI=1S/C18H22N6O/c1-13-11-16(17(25)20-9-6-10-24(2)3)23-18(21-13)22-15-8-5-4-7-14(15)12-19/h4-5,7-8,11H,6,9-10H2,1-3H3,(H,20,25)(H,21,22,23). The highest BCUT2D eigenvalue weighted by Gasteiger charge is 2.11. The van der Waals surface area contributed by atoms with E-state index in [2.05, 4.69) is 31.6 Å². The van der Waals surface area contributed by atoms with Crippen molar-refractivity contribution in [3.8, 4) is 6.07 Å². The second kappa shape index (κ2) is 8.76. The fraction of sp³-hybridized carbons (Fsp3) is 0.333. The highest BCUT2D eigenvalue weighted by Crippen LogP contribution is 2.18. The van der Waals surface area contributed by atoms with Crippen molar-refractivity contribution in [1.82, 2.24) is 20.2 Å². The largest absolute Gasteiger partial charge is 0.351 e. The topological polar surface area (TPSA) is 93.9 Å². The monoisotopic (exact) mass is 338 g/mol. The molecule has 1 aromatic heterocycles. The molecule has 2 rings (SSSR count). The molecule has 0 spiro atoms. The van der Waals surface area contributed by atoms with Gasteiger partial charge in [-0.15, -0.1) is 0 Å². The number of anilines is 2. The van der Waals surface area contributed by atoms with Crippen LogP contribution in [0.5, 0.6) is 0 Å². The second-order valence-corrected chi connectivity index (χ2v) is 5.91. The van der Waals surface area contributed by atoms with Gasteiger partial charge in [-0.05, 0) is 52.2 Å². The lowest BCUT2D eigenvalue weighted by atomic mass is 10.2. The zero-order chi connectivity index (χ0) is 18.2. The van der Waals surface area contributed by atoms with Crippen LogP contribution in [0.4, 0.5) is 11.6 Å². The summed E-state index contributed by atoms with van der Waals surface area (Å²) in [6.07, 6.45) is 0.865. The van der Waals surface area contributed by atoms with Gasteiger partial charge in [0, 0.05) is 12.2 Å². The van der Waals surface area contributed by atoms with Crippen LogP contribution in [0.15, 0.2) is 30.3 Å². The molecular weight excluding hydrogens is 316 g/mol. The summed E-state index contributed by atoms with van der Waals surface area (Å²) in [6.45, 7) is 3.28. The lowest BCUT2D eigenvalue weighted by molar-refractivity contribution is 0.0947. The minimum absolute atomic E-state index is 0.235. The molecule has 2 N–H and O–H groups in total. The molecule has 0 atom stereocenters. The van der Waals surface area contributed by atoms with Gasteiger partial charge < -0.3 is 15.5 Å². The van der Waals surface area contributed by atoms with Crippen LogP contribution < -0.4 is 10.6 Å². The lowest BCUT2D eigenvalue weighted by Crippen LogP contribution is -2.28. The Morgan fingerprint density at radius 2 is 2.04 bits per heavy atom. The van der Waals surface area contributed by atoms with Crippen molar-refractivity contribution in [3.05, 3.63) is 47.3 Å². The van der Waals surface area contributed by atoms with E-state index in [-0.39, 0.29) is 5.91 Å². The molecule has 0 bridgehead atoms. The molecule has 0 aliphatic carbocycles. The number of nitriles is 1. The van der Waals surface area contributed by atoms with Gasteiger partial charge in [0.05, 0.1) is 11.3 Å². The minimum atomic E-state index is -0.235. The SMILES string of the molecule is Cc1cc(C(=O)NCCCN(C)C)nc(Nc2ccccc2C#N)n1. The smallest absolute Gasteiger partial charge is 0.270 e. The predicted octanol–water partition coefficient (Wildman–Crippen LogP) is 2.08. The second-order valence-electron chi connectivity index (χ2n) is 5.91. The summed E-state index contributed by atoms with van der Waals surface area (Å²) in [6, 6.07) is 10.8. The van der Waals surface area contributed by atoms with Gasteiger partial charge >= 0.3 is 0 Å². The molecule has 0 unspecified atom stereocenters. The number of nitrogens with one attached hydrogen (secondary N) is 2. The van der Waals surface area contributed by atoms with Gasteiger partial charge in [-0.3, -0.25) is 4.79 Å². The Morgan fingerprint density at radius 3 is 2.76 bits per heavy atom. The van der Waals surface area contributed by atoms with E-state index in [0.717, 1.165) is 13.0 Å². The number of rotatable bonds is 7. The van der Waals surface area contributed by atoms with Crippen LogP contribution >= 0.6 is 0 Å². The van der Waals surface area contributed by atoms with Crippen LogP contribution in [0.2, 0.25) is 0 Å². The highest BCUT2D eigenvalue weighted by molar-refractivity contribution is 5.92. The van der Waals surface area contributed by atoms with Crippen molar-refractivity contribution in [2.75, 3.05) is 32.5 Å². The maximum absolute atomic E-state index is 12.3. The van der Waals surface area contributed by atoms with E-state index in [1.165, 1.54) is 0 Å². The normalized spacial score (nSPS) is 10.4. The van der Waals surface area contributed by atoms with Crippen LogP contribution in [0.1, 0.15) is 28.2 Å². The Kier molecular flexibility index (Phi) is 6.43. The first-order chi connectivity index (χ1) is 12.0. The van der Waals surface area contributed by atoms with E-state index in [1.54, 1.807) is 31.2 Å². The Morgan fingerprint density at radius 1 is 1.28 bits per heavy atom. The number of para-hydroxylation sites is 1. The molecule has 25 heavy (non-hydrogen) atoms. The van der Waals surface area contributed by atoms with Gasteiger partial charge in [-0.2, -0.15) is 5.26 Å². The molecule has 0 fully saturated rings. The molecule has 0 aliphatic rings. The first-order valence-electron chi connectivity index (χ1n) is 8.04. The van der Waals surface area contributed by atoms with E-state index < -0.39 is 0 Å². The van der Waals surface area contributed by atoms with Gasteiger partial charge in [0.15, 0.2) is 0 Å². The number of hydrogen-bond acceptors (Lipinski definition) is 6. The van der Waals surface area contributed by atoms with Crippen molar-refractivity contribution in [2.45, 2.75) is 13.3 Å². The van der Waals surface area contributed by atoms with Crippen molar-refractivity contribution in [2.24, 2.45) is 0 Å². The molecule has 0 aliphatic heterocycles. The molecule has 0 radical (unpaired) electrons. The summed E-state index contributed by atoms with van der Waals surface area (Å²) in [4.78, 5) is 22.9. The number of nitrogens with zero attached hydrogens (tertiary/aromatic N) is 4. The van der Waals surface area contributed by atoms with Gasteiger partial charge in [-0.25, -0.2) is 9.97 Å². The van der Waals surface area contributed by atoms with Crippen LogP contribution in [0.25, 0.3) is 0 Å². The molecule has 1 heterocycles. The van der Waals surface area contributed by atoms with E-state index in [4.69, 9.17) is 5.26 Å². The van der Waals surface area contributed by atoms with Crippen LogP contribution in [-0.2, 0) is 0 Å². The predicted molar refractivity (Wildman–Crippen MR) is 96.7 cm³/mol. The third-order valence-electron chi connectivity index (χ3n) is 3.45. The average Bonchev–Trinajstić information content (AvgIpc) is 2.58. The third-order valence-corrected chi connectivity index (χ3v) is 3.45. The van der Waals surface area contributed by atoms with Crippen LogP contribution in [0, 0.1) is 18.3 Å². The van der Waals surface area contributed by atoms with Crippen molar-refractivity contribution < 1.29 is 4.79 Å². The van der Waals surface area contributed by atoms with E-state index in [1.807, 2.05) is 20.2 Å². The first kappa shape index (κ1) is 18.4. The summed E-state index contributed by atoms with van der Waals surface area (Å²) in [7, 11) is 3.99.